The van der Waals surface area contributed by atoms with Crippen molar-refractivity contribution in [2.45, 2.75) is 40.7 Å². The summed E-state index contributed by atoms with van der Waals surface area (Å²) in [6.45, 7) is 16.4. The van der Waals surface area contributed by atoms with Crippen molar-refractivity contribution in [3.05, 3.63) is 0 Å². The Balaban J connectivity index is 2.54. The molecule has 0 aromatic heterocycles. The number of rotatable bonds is 2. The Morgan fingerprint density at radius 2 is 2.00 bits per heavy atom. The Hall–Kier alpha value is -0.0800. The molecule has 0 radical (unpaired) electrons. The minimum Gasteiger partial charge on any atom is -0.314 e. The minimum atomic E-state index is 0.421. The van der Waals surface area contributed by atoms with Crippen LogP contribution in [0, 0.1) is 11.3 Å². The second kappa shape index (κ2) is 4.63. The van der Waals surface area contributed by atoms with E-state index in [1.54, 1.807) is 0 Å². The van der Waals surface area contributed by atoms with Crippen LogP contribution in [0.15, 0.2) is 0 Å². The van der Waals surface area contributed by atoms with E-state index in [0.29, 0.717) is 5.41 Å². The topological polar surface area (TPSA) is 15.3 Å². The maximum Gasteiger partial charge on any atom is 0.0244 e. The lowest BCUT2D eigenvalue weighted by Crippen LogP contribution is -2.55. The smallest absolute Gasteiger partial charge is 0.0244 e. The van der Waals surface area contributed by atoms with E-state index in [1.165, 1.54) is 13.1 Å². The van der Waals surface area contributed by atoms with Gasteiger partial charge in [-0.2, -0.15) is 0 Å². The molecule has 0 saturated carbocycles. The lowest BCUT2D eigenvalue weighted by atomic mass is 9.92. The number of nitrogens with zero attached hydrogens (tertiary/aromatic N) is 1. The van der Waals surface area contributed by atoms with Crippen molar-refractivity contribution in [2.24, 2.45) is 11.3 Å². The van der Waals surface area contributed by atoms with Crippen LogP contribution in [0.2, 0.25) is 0 Å². The predicted octanol–water partition coefficient (Wildman–Crippen LogP) is 1.96. The largest absolute Gasteiger partial charge is 0.314 e. The average Bonchev–Trinajstić information content (AvgIpc) is 2.01. The van der Waals surface area contributed by atoms with E-state index in [4.69, 9.17) is 0 Å². The van der Waals surface area contributed by atoms with Crippen molar-refractivity contribution < 1.29 is 0 Å². The number of piperazine rings is 1. The van der Waals surface area contributed by atoms with Gasteiger partial charge in [-0.05, 0) is 11.3 Å². The van der Waals surface area contributed by atoms with E-state index in [2.05, 4.69) is 44.8 Å². The summed E-state index contributed by atoms with van der Waals surface area (Å²) >= 11 is 0. The fraction of sp³-hybridized carbons (Fsp3) is 1.00. The minimum absolute atomic E-state index is 0.421. The molecular formula is C12H26N2. The lowest BCUT2D eigenvalue weighted by molar-refractivity contribution is 0.0864. The van der Waals surface area contributed by atoms with Gasteiger partial charge >= 0.3 is 0 Å². The van der Waals surface area contributed by atoms with E-state index < -0.39 is 0 Å². The summed E-state index contributed by atoms with van der Waals surface area (Å²) in [6.07, 6.45) is 0. The molecule has 1 saturated heterocycles. The first kappa shape index (κ1) is 12.0. The van der Waals surface area contributed by atoms with Gasteiger partial charge in [0.1, 0.15) is 0 Å². The quantitative estimate of drug-likeness (QED) is 0.730. The third-order valence-corrected chi connectivity index (χ3v) is 2.85. The molecular weight excluding hydrogens is 172 g/mol. The Bertz CT molecular complexity index is 170. The summed E-state index contributed by atoms with van der Waals surface area (Å²) in [5.74, 6) is 0.755. The van der Waals surface area contributed by atoms with E-state index >= 15 is 0 Å². The first-order chi connectivity index (χ1) is 6.40. The van der Waals surface area contributed by atoms with Gasteiger partial charge in [0.15, 0.2) is 0 Å². The standard InChI is InChI=1S/C12H26N2/c1-10(2)11-8-13-6-7-14(11)9-12(3,4)5/h10-11,13H,6-9H2,1-5H3. The number of hydrogen-bond donors (Lipinski definition) is 1. The number of nitrogens with one attached hydrogen (secondary N) is 1. The van der Waals surface area contributed by atoms with Crippen LogP contribution in [0.5, 0.6) is 0 Å². The van der Waals surface area contributed by atoms with Crippen LogP contribution in [0.1, 0.15) is 34.6 Å². The third kappa shape index (κ3) is 3.58. The average molecular weight is 198 g/mol. The molecule has 1 atom stereocenters. The van der Waals surface area contributed by atoms with Gasteiger partial charge in [-0.25, -0.2) is 0 Å². The van der Waals surface area contributed by atoms with Crippen molar-refractivity contribution in [2.75, 3.05) is 26.2 Å². The van der Waals surface area contributed by atoms with Gasteiger partial charge in [-0.3, -0.25) is 4.90 Å². The Kier molecular flexibility index (Phi) is 3.96. The van der Waals surface area contributed by atoms with Gasteiger partial charge < -0.3 is 5.32 Å². The SMILES string of the molecule is CC(C)C1CNCCN1CC(C)(C)C. The molecule has 0 bridgehead atoms. The van der Waals surface area contributed by atoms with Crippen LogP contribution in [0.4, 0.5) is 0 Å². The molecule has 1 heterocycles. The van der Waals surface area contributed by atoms with Crippen molar-refractivity contribution in [3.8, 4) is 0 Å². The van der Waals surface area contributed by atoms with E-state index in [0.717, 1.165) is 25.0 Å². The molecule has 2 nitrogen and oxygen atoms in total. The molecule has 0 aliphatic carbocycles. The Labute approximate surface area is 89.1 Å². The Morgan fingerprint density at radius 3 is 2.50 bits per heavy atom. The van der Waals surface area contributed by atoms with Crippen LogP contribution in [0.25, 0.3) is 0 Å². The van der Waals surface area contributed by atoms with Crippen LogP contribution in [-0.4, -0.2) is 37.1 Å². The van der Waals surface area contributed by atoms with E-state index in [1.807, 2.05) is 0 Å². The molecule has 1 aliphatic rings. The maximum atomic E-state index is 3.49. The Morgan fingerprint density at radius 1 is 1.36 bits per heavy atom. The van der Waals surface area contributed by atoms with Crippen molar-refractivity contribution >= 4 is 0 Å². The van der Waals surface area contributed by atoms with Gasteiger partial charge in [0.2, 0.25) is 0 Å². The molecule has 1 fully saturated rings. The molecule has 2 heteroatoms. The van der Waals surface area contributed by atoms with E-state index in [-0.39, 0.29) is 0 Å². The molecule has 84 valence electrons. The van der Waals surface area contributed by atoms with Gasteiger partial charge in [0.05, 0.1) is 0 Å². The molecule has 0 amide bonds. The summed E-state index contributed by atoms with van der Waals surface area (Å²) in [7, 11) is 0. The van der Waals surface area contributed by atoms with Gasteiger partial charge in [-0.15, -0.1) is 0 Å². The highest BCUT2D eigenvalue weighted by Crippen LogP contribution is 2.20. The molecule has 0 aromatic rings. The second-order valence-electron chi connectivity index (χ2n) is 6.05. The monoisotopic (exact) mass is 198 g/mol. The highest BCUT2D eigenvalue weighted by molar-refractivity contribution is 4.84. The molecule has 0 spiro atoms. The van der Waals surface area contributed by atoms with Gasteiger partial charge in [0, 0.05) is 32.2 Å². The first-order valence-electron chi connectivity index (χ1n) is 5.85. The molecule has 1 N–H and O–H groups in total. The molecule has 1 aliphatic heterocycles. The predicted molar refractivity (Wildman–Crippen MR) is 62.5 cm³/mol. The maximum absolute atomic E-state index is 3.49. The van der Waals surface area contributed by atoms with Crippen molar-refractivity contribution in [3.63, 3.8) is 0 Å². The summed E-state index contributed by atoms with van der Waals surface area (Å²) in [6, 6.07) is 0.725. The highest BCUT2D eigenvalue weighted by atomic mass is 15.2. The normalized spacial score (nSPS) is 25.7. The highest BCUT2D eigenvalue weighted by Gasteiger charge is 2.27. The zero-order valence-corrected chi connectivity index (χ0v) is 10.4. The fourth-order valence-corrected chi connectivity index (χ4v) is 2.23. The lowest BCUT2D eigenvalue weighted by Gasteiger charge is -2.41. The van der Waals surface area contributed by atoms with Crippen LogP contribution in [0.3, 0.4) is 0 Å². The first-order valence-corrected chi connectivity index (χ1v) is 5.85. The summed E-state index contributed by atoms with van der Waals surface area (Å²) in [5, 5.41) is 3.49. The van der Waals surface area contributed by atoms with Crippen LogP contribution in [-0.2, 0) is 0 Å². The third-order valence-electron chi connectivity index (χ3n) is 2.85. The zero-order valence-electron chi connectivity index (χ0n) is 10.4. The summed E-state index contributed by atoms with van der Waals surface area (Å²) in [5.41, 5.74) is 0.421. The zero-order chi connectivity index (χ0) is 10.8. The van der Waals surface area contributed by atoms with Crippen LogP contribution < -0.4 is 5.32 Å². The second-order valence-corrected chi connectivity index (χ2v) is 6.05. The van der Waals surface area contributed by atoms with Gasteiger partial charge in [-0.1, -0.05) is 34.6 Å². The van der Waals surface area contributed by atoms with E-state index in [9.17, 15) is 0 Å². The summed E-state index contributed by atoms with van der Waals surface area (Å²) < 4.78 is 0. The molecule has 0 aromatic carbocycles. The molecule has 14 heavy (non-hydrogen) atoms. The van der Waals surface area contributed by atoms with Crippen LogP contribution >= 0.6 is 0 Å². The molecule has 1 unspecified atom stereocenters. The molecule has 1 rings (SSSR count). The number of hydrogen-bond acceptors (Lipinski definition) is 2. The summed E-state index contributed by atoms with van der Waals surface area (Å²) in [4.78, 5) is 2.65. The van der Waals surface area contributed by atoms with Crippen molar-refractivity contribution in [1.82, 2.24) is 10.2 Å². The van der Waals surface area contributed by atoms with Gasteiger partial charge in [0.25, 0.3) is 0 Å². The fourth-order valence-electron chi connectivity index (χ4n) is 2.23. The van der Waals surface area contributed by atoms with Crippen molar-refractivity contribution in [1.29, 1.82) is 0 Å².